The fraction of sp³-hybridized carbons (Fsp3) is 0.364. The van der Waals surface area contributed by atoms with Crippen molar-refractivity contribution in [3.63, 3.8) is 0 Å². The number of anilines is 1. The first-order valence-corrected chi connectivity index (χ1v) is 9.34. The summed E-state index contributed by atoms with van der Waals surface area (Å²) >= 11 is 0. The lowest BCUT2D eigenvalue weighted by Crippen LogP contribution is -2.52. The molecule has 1 atom stereocenters. The van der Waals surface area contributed by atoms with E-state index in [1.807, 2.05) is 6.07 Å². The van der Waals surface area contributed by atoms with Gasteiger partial charge in [-0.05, 0) is 39.3 Å². The predicted octanol–water partition coefficient (Wildman–Crippen LogP) is 3.78. The second-order valence-electron chi connectivity index (χ2n) is 7.39. The van der Waals surface area contributed by atoms with Crippen molar-refractivity contribution in [1.29, 1.82) is 0 Å². The van der Waals surface area contributed by atoms with Crippen LogP contribution in [0.15, 0.2) is 54.6 Å². The van der Waals surface area contributed by atoms with Crippen LogP contribution in [-0.4, -0.2) is 29.4 Å². The van der Waals surface area contributed by atoms with Gasteiger partial charge in [0.1, 0.15) is 6.04 Å². The van der Waals surface area contributed by atoms with Gasteiger partial charge in [0.15, 0.2) is 0 Å². The van der Waals surface area contributed by atoms with Gasteiger partial charge in [-0.3, -0.25) is 14.8 Å². The Hall–Kier alpha value is -2.86. The number of hydrogen-bond acceptors (Lipinski definition) is 6. The highest BCUT2D eigenvalue weighted by Gasteiger charge is 2.64. The van der Waals surface area contributed by atoms with E-state index in [1.54, 1.807) is 76.2 Å². The molecule has 1 aliphatic rings. The van der Waals surface area contributed by atoms with Crippen LogP contribution in [-0.2, 0) is 24.5 Å². The van der Waals surface area contributed by atoms with E-state index in [2.05, 4.69) is 0 Å². The minimum Gasteiger partial charge on any atom is -0.462 e. The van der Waals surface area contributed by atoms with E-state index < -0.39 is 35.6 Å². The molecular formula is C22H25NO5. The number of nitrogens with zero attached hydrogens (tertiary/aromatic N) is 1. The maximum absolute atomic E-state index is 13.4. The molecule has 0 aromatic heterocycles. The largest absolute Gasteiger partial charge is 0.462 e. The standard InChI is InChI=1S/C22H25NO5/c1-14(2)27-20(24)22(21(25)28-15(3)4)17-12-8-9-13-18(17)23(26)19(22)16-10-6-5-7-11-16/h5-15,19,26H,1-4H3. The summed E-state index contributed by atoms with van der Waals surface area (Å²) in [5.41, 5.74) is -0.510. The number of rotatable bonds is 5. The molecule has 148 valence electrons. The molecule has 0 spiro atoms. The van der Waals surface area contributed by atoms with Gasteiger partial charge in [0.25, 0.3) is 0 Å². The molecule has 2 aromatic carbocycles. The van der Waals surface area contributed by atoms with Crippen LogP contribution in [0, 0.1) is 0 Å². The van der Waals surface area contributed by atoms with Gasteiger partial charge < -0.3 is 9.47 Å². The van der Waals surface area contributed by atoms with Crippen LogP contribution in [0.25, 0.3) is 0 Å². The number of fused-ring (bicyclic) bond motifs is 1. The SMILES string of the molecule is CC(C)OC(=O)C1(C(=O)OC(C)C)c2ccccc2N(O)C1c1ccccc1. The van der Waals surface area contributed by atoms with E-state index in [0.29, 0.717) is 16.8 Å². The average Bonchev–Trinajstić information content (AvgIpc) is 2.91. The number of hydroxylamine groups is 1. The molecule has 0 saturated heterocycles. The topological polar surface area (TPSA) is 76.1 Å². The summed E-state index contributed by atoms with van der Waals surface area (Å²) in [6.07, 6.45) is -0.875. The maximum Gasteiger partial charge on any atom is 0.331 e. The minimum absolute atomic E-state index is 0.364. The van der Waals surface area contributed by atoms with E-state index in [4.69, 9.17) is 9.47 Å². The zero-order valence-electron chi connectivity index (χ0n) is 16.5. The Labute approximate surface area is 164 Å². The Morgan fingerprint density at radius 1 is 0.893 bits per heavy atom. The van der Waals surface area contributed by atoms with Gasteiger partial charge in [-0.25, -0.2) is 5.06 Å². The van der Waals surface area contributed by atoms with Crippen molar-refractivity contribution < 1.29 is 24.3 Å². The smallest absolute Gasteiger partial charge is 0.331 e. The van der Waals surface area contributed by atoms with Crippen LogP contribution < -0.4 is 5.06 Å². The number of carbonyl (C=O) groups is 2. The third-order valence-corrected chi connectivity index (χ3v) is 4.68. The molecule has 0 fully saturated rings. The van der Waals surface area contributed by atoms with Crippen molar-refractivity contribution in [2.24, 2.45) is 0 Å². The van der Waals surface area contributed by atoms with Crippen molar-refractivity contribution >= 4 is 17.6 Å². The molecule has 2 aromatic rings. The van der Waals surface area contributed by atoms with E-state index in [1.165, 1.54) is 0 Å². The average molecular weight is 383 g/mol. The highest BCUT2D eigenvalue weighted by Crippen LogP contribution is 2.53. The first-order chi connectivity index (χ1) is 13.3. The second-order valence-corrected chi connectivity index (χ2v) is 7.39. The monoisotopic (exact) mass is 383 g/mol. The van der Waals surface area contributed by atoms with Crippen LogP contribution in [0.5, 0.6) is 0 Å². The van der Waals surface area contributed by atoms with Crippen LogP contribution in [0.3, 0.4) is 0 Å². The Balaban J connectivity index is 2.30. The molecule has 28 heavy (non-hydrogen) atoms. The van der Waals surface area contributed by atoms with Gasteiger partial charge in [0.05, 0.1) is 17.9 Å². The number of benzene rings is 2. The first kappa shape index (κ1) is 19.9. The van der Waals surface area contributed by atoms with Gasteiger partial charge in [-0.2, -0.15) is 0 Å². The van der Waals surface area contributed by atoms with Crippen molar-refractivity contribution in [2.75, 3.05) is 5.06 Å². The summed E-state index contributed by atoms with van der Waals surface area (Å²) in [6, 6.07) is 14.7. The van der Waals surface area contributed by atoms with Gasteiger partial charge in [0.2, 0.25) is 5.41 Å². The van der Waals surface area contributed by atoms with E-state index in [9.17, 15) is 14.8 Å². The van der Waals surface area contributed by atoms with Crippen molar-refractivity contribution in [1.82, 2.24) is 0 Å². The highest BCUT2D eigenvalue weighted by molar-refractivity contribution is 6.11. The Morgan fingerprint density at radius 3 is 1.93 bits per heavy atom. The Kier molecular flexibility index (Phi) is 5.42. The number of para-hydroxylation sites is 1. The zero-order chi connectivity index (χ0) is 20.5. The summed E-state index contributed by atoms with van der Waals surface area (Å²) in [7, 11) is 0. The van der Waals surface area contributed by atoms with Gasteiger partial charge in [-0.1, -0.05) is 48.5 Å². The molecule has 1 heterocycles. The lowest BCUT2D eigenvalue weighted by molar-refractivity contribution is -0.171. The van der Waals surface area contributed by atoms with Crippen LogP contribution >= 0.6 is 0 Å². The molecule has 6 heteroatoms. The van der Waals surface area contributed by atoms with Gasteiger partial charge in [-0.15, -0.1) is 0 Å². The molecule has 3 rings (SSSR count). The van der Waals surface area contributed by atoms with Crippen molar-refractivity contribution in [3.05, 3.63) is 65.7 Å². The predicted molar refractivity (Wildman–Crippen MR) is 104 cm³/mol. The zero-order valence-corrected chi connectivity index (χ0v) is 16.5. The van der Waals surface area contributed by atoms with Crippen LogP contribution in [0.1, 0.15) is 44.9 Å². The van der Waals surface area contributed by atoms with Gasteiger partial charge >= 0.3 is 11.9 Å². The van der Waals surface area contributed by atoms with Crippen LogP contribution in [0.4, 0.5) is 5.69 Å². The summed E-state index contributed by atoms with van der Waals surface area (Å²) in [5, 5.41) is 12.0. The second kappa shape index (κ2) is 7.64. The summed E-state index contributed by atoms with van der Waals surface area (Å²) in [4.78, 5) is 26.9. The Morgan fingerprint density at radius 2 is 1.39 bits per heavy atom. The molecule has 0 aliphatic carbocycles. The lowest BCUT2D eigenvalue weighted by atomic mass is 9.74. The molecule has 0 bridgehead atoms. The molecule has 1 unspecified atom stereocenters. The highest BCUT2D eigenvalue weighted by atomic mass is 16.6. The van der Waals surface area contributed by atoms with E-state index in [-0.39, 0.29) is 0 Å². The first-order valence-electron chi connectivity index (χ1n) is 9.34. The maximum atomic E-state index is 13.4. The lowest BCUT2D eigenvalue weighted by Gasteiger charge is -2.34. The third kappa shape index (κ3) is 3.14. The number of carbonyl (C=O) groups excluding carboxylic acids is 2. The molecule has 6 nitrogen and oxygen atoms in total. The van der Waals surface area contributed by atoms with Crippen molar-refractivity contribution in [3.8, 4) is 0 Å². The summed E-state index contributed by atoms with van der Waals surface area (Å²) in [5.74, 6) is -1.49. The summed E-state index contributed by atoms with van der Waals surface area (Å²) in [6.45, 7) is 6.87. The molecule has 1 aliphatic heterocycles. The van der Waals surface area contributed by atoms with E-state index >= 15 is 0 Å². The number of hydrogen-bond donors (Lipinski definition) is 1. The summed E-state index contributed by atoms with van der Waals surface area (Å²) < 4.78 is 11.0. The quantitative estimate of drug-likeness (QED) is 0.626. The molecule has 1 N–H and O–H groups in total. The van der Waals surface area contributed by atoms with E-state index in [0.717, 1.165) is 5.06 Å². The molecular weight excluding hydrogens is 358 g/mol. The van der Waals surface area contributed by atoms with Crippen molar-refractivity contribution in [2.45, 2.75) is 51.4 Å². The normalized spacial score (nSPS) is 17.5. The minimum atomic E-state index is -1.85. The molecule has 0 radical (unpaired) electrons. The third-order valence-electron chi connectivity index (χ3n) is 4.68. The fourth-order valence-corrected chi connectivity index (χ4v) is 3.64. The fourth-order valence-electron chi connectivity index (χ4n) is 3.64. The molecule has 0 saturated carbocycles. The Bertz CT molecular complexity index is 840. The van der Waals surface area contributed by atoms with Gasteiger partial charge in [0, 0.05) is 5.56 Å². The number of ether oxygens (including phenoxy) is 2. The molecule has 0 amide bonds. The van der Waals surface area contributed by atoms with Crippen LogP contribution in [0.2, 0.25) is 0 Å². The number of esters is 2.